The van der Waals surface area contributed by atoms with Gasteiger partial charge < -0.3 is 15.4 Å². The van der Waals surface area contributed by atoms with Crippen LogP contribution in [0.1, 0.15) is 28.7 Å². The van der Waals surface area contributed by atoms with Gasteiger partial charge in [-0.15, -0.1) is 0 Å². The number of hydrogen-bond donors (Lipinski definition) is 3. The molecule has 0 fully saturated rings. The van der Waals surface area contributed by atoms with Crippen LogP contribution in [0.4, 0.5) is 0 Å². The minimum atomic E-state index is -0.848. The number of rotatable bonds is 7. The second kappa shape index (κ2) is 9.36. The molecule has 3 N–H and O–H groups in total. The summed E-state index contributed by atoms with van der Waals surface area (Å²) in [5, 5.41) is 16.5. The molecule has 2 heterocycles. The summed E-state index contributed by atoms with van der Waals surface area (Å²) >= 11 is 0. The van der Waals surface area contributed by atoms with Crippen molar-refractivity contribution in [1.82, 2.24) is 20.1 Å². The Balaban J connectivity index is 2.65. The minimum absolute atomic E-state index is 0.419. The second-order valence-electron chi connectivity index (χ2n) is 6.13. The molecule has 0 aliphatic heterocycles. The summed E-state index contributed by atoms with van der Waals surface area (Å²) in [4.78, 5) is 27.2. The van der Waals surface area contributed by atoms with Crippen LogP contribution < -0.4 is 10.7 Å². The Bertz CT molecular complexity index is 1100. The molecule has 0 aliphatic rings. The molecule has 2 rings (SSSR count). The first-order valence-corrected chi connectivity index (χ1v) is 8.90. The van der Waals surface area contributed by atoms with Crippen LogP contribution in [0.3, 0.4) is 0 Å². The van der Waals surface area contributed by atoms with E-state index in [-0.39, 0.29) is 0 Å². The summed E-state index contributed by atoms with van der Waals surface area (Å²) in [6, 6.07) is 1.93. The molecule has 29 heavy (non-hydrogen) atoms. The number of aromatic amines is 1. The van der Waals surface area contributed by atoms with Crippen molar-refractivity contribution < 1.29 is 9.90 Å². The predicted octanol–water partition coefficient (Wildman–Crippen LogP) is 3.19. The number of aromatic hydroxyl groups is 1. The lowest BCUT2D eigenvalue weighted by atomic mass is 10.0. The highest BCUT2D eigenvalue weighted by Crippen LogP contribution is 2.26. The fourth-order valence-electron chi connectivity index (χ4n) is 2.58. The second-order valence-corrected chi connectivity index (χ2v) is 6.13. The van der Waals surface area contributed by atoms with E-state index in [1.165, 1.54) is 11.7 Å². The highest BCUT2D eigenvalue weighted by atomic mass is 16.3. The van der Waals surface area contributed by atoms with Gasteiger partial charge in [-0.25, -0.2) is 4.68 Å². The zero-order chi connectivity index (χ0) is 21.6. The third-order valence-corrected chi connectivity index (χ3v) is 4.22. The topological polar surface area (TPSA) is 100 Å². The van der Waals surface area contributed by atoms with Gasteiger partial charge in [0.15, 0.2) is 11.4 Å². The van der Waals surface area contributed by atoms with Gasteiger partial charge in [0.2, 0.25) is 0 Å². The fraction of sp³-hybridized carbons (Fsp3) is 0.136. The van der Waals surface area contributed by atoms with E-state index in [9.17, 15) is 14.7 Å². The summed E-state index contributed by atoms with van der Waals surface area (Å²) in [5.41, 5.74) is 2.40. The Morgan fingerprint density at radius 2 is 2.14 bits per heavy atom. The monoisotopic (exact) mass is 392 g/mol. The molecule has 2 aromatic rings. The summed E-state index contributed by atoms with van der Waals surface area (Å²) in [7, 11) is 1.38. The van der Waals surface area contributed by atoms with Gasteiger partial charge >= 0.3 is 0 Å². The highest BCUT2D eigenvalue weighted by molar-refractivity contribution is 5.92. The average molecular weight is 392 g/mol. The Morgan fingerprint density at radius 3 is 2.69 bits per heavy atom. The van der Waals surface area contributed by atoms with Crippen LogP contribution in [-0.4, -0.2) is 32.8 Å². The van der Waals surface area contributed by atoms with Gasteiger partial charge in [0, 0.05) is 24.5 Å². The van der Waals surface area contributed by atoms with Crippen LogP contribution in [0, 0.1) is 6.92 Å². The van der Waals surface area contributed by atoms with Crippen molar-refractivity contribution in [3.63, 3.8) is 0 Å². The van der Waals surface area contributed by atoms with Crippen molar-refractivity contribution in [2.75, 3.05) is 7.05 Å². The van der Waals surface area contributed by atoms with E-state index >= 15 is 0 Å². The first-order valence-electron chi connectivity index (χ1n) is 8.90. The number of carbonyl (C=O) groups is 1. The molecule has 0 bridgehead atoms. The van der Waals surface area contributed by atoms with Crippen molar-refractivity contribution in [3.05, 3.63) is 94.2 Å². The number of H-pyrrole nitrogens is 1. The summed E-state index contributed by atoms with van der Waals surface area (Å²) in [5.74, 6) is -1.29. The average Bonchev–Trinajstić information content (AvgIpc) is 3.12. The number of aromatic nitrogens is 3. The molecule has 2 aromatic heterocycles. The standard InChI is InChI=1S/C22H24N4O3/c1-6-8-9-18(14(3)16(7-2)12-17-10-11-24-15(17)4)26-13-19(27)21(28)20(25-26)22(29)23-5/h6-13,24,27H,2-3H2,1,4-5H3,(H,23,29). The largest absolute Gasteiger partial charge is 0.503 e. The predicted molar refractivity (Wildman–Crippen MR) is 115 cm³/mol. The Hall–Kier alpha value is -3.87. The SMILES string of the molecule is C=CC(=Cc1cc[nH]c1C)C(=C)C(=CC=CC)n1cc(O)c(=O)c(C(=O)NC)n1. The molecule has 0 saturated carbocycles. The van der Waals surface area contributed by atoms with Gasteiger partial charge in [-0.2, -0.15) is 5.10 Å². The molecule has 7 nitrogen and oxygen atoms in total. The molecule has 150 valence electrons. The molecule has 7 heteroatoms. The molecule has 0 aliphatic carbocycles. The van der Waals surface area contributed by atoms with E-state index in [0.29, 0.717) is 16.8 Å². The van der Waals surface area contributed by atoms with Crippen LogP contribution in [0.2, 0.25) is 0 Å². The number of nitrogens with zero attached hydrogens (tertiary/aromatic N) is 2. The van der Waals surface area contributed by atoms with E-state index in [2.05, 4.69) is 28.6 Å². The van der Waals surface area contributed by atoms with Gasteiger partial charge in [0.1, 0.15) is 0 Å². The first-order chi connectivity index (χ1) is 13.8. The van der Waals surface area contributed by atoms with Gasteiger partial charge in [0.25, 0.3) is 11.3 Å². The minimum Gasteiger partial charge on any atom is -0.503 e. The maximum atomic E-state index is 12.1. The van der Waals surface area contributed by atoms with E-state index in [1.807, 2.05) is 38.3 Å². The molecule has 0 atom stereocenters. The third-order valence-electron chi connectivity index (χ3n) is 4.22. The molecule has 1 amide bonds. The van der Waals surface area contributed by atoms with Gasteiger partial charge in [-0.05, 0) is 43.2 Å². The van der Waals surface area contributed by atoms with E-state index < -0.39 is 22.8 Å². The fourth-order valence-corrected chi connectivity index (χ4v) is 2.58. The Labute approximate surface area is 169 Å². The van der Waals surface area contributed by atoms with Crippen molar-refractivity contribution >= 4 is 17.7 Å². The maximum absolute atomic E-state index is 12.1. The molecule has 0 spiro atoms. The van der Waals surface area contributed by atoms with Crippen LogP contribution in [-0.2, 0) is 0 Å². The number of nitrogens with one attached hydrogen (secondary N) is 2. The normalized spacial score (nSPS) is 12.2. The summed E-state index contributed by atoms with van der Waals surface area (Å²) < 4.78 is 1.25. The van der Waals surface area contributed by atoms with Crippen molar-refractivity contribution in [3.8, 4) is 5.75 Å². The number of hydrogen-bond acceptors (Lipinski definition) is 4. The van der Waals surface area contributed by atoms with E-state index in [4.69, 9.17) is 0 Å². The smallest absolute Gasteiger partial charge is 0.275 e. The van der Waals surface area contributed by atoms with Gasteiger partial charge in [0.05, 0.1) is 11.9 Å². The van der Waals surface area contributed by atoms with E-state index in [0.717, 1.165) is 17.5 Å². The zero-order valence-electron chi connectivity index (χ0n) is 16.7. The zero-order valence-corrected chi connectivity index (χ0v) is 16.7. The molecular weight excluding hydrogens is 368 g/mol. The van der Waals surface area contributed by atoms with Gasteiger partial charge in [-0.3, -0.25) is 9.59 Å². The van der Waals surface area contributed by atoms with Gasteiger partial charge in [-0.1, -0.05) is 31.4 Å². The van der Waals surface area contributed by atoms with Crippen LogP contribution in [0.25, 0.3) is 11.8 Å². The van der Waals surface area contributed by atoms with E-state index in [1.54, 1.807) is 18.2 Å². The van der Waals surface area contributed by atoms with Crippen LogP contribution in [0.5, 0.6) is 5.75 Å². The quantitative estimate of drug-likeness (QED) is 0.630. The van der Waals surface area contributed by atoms with Crippen LogP contribution >= 0.6 is 0 Å². The molecule has 0 aromatic carbocycles. The number of amides is 1. The molecular formula is C22H24N4O3. The molecule has 0 unspecified atom stereocenters. The first kappa shape index (κ1) is 21.4. The number of aryl methyl sites for hydroxylation is 1. The lowest BCUT2D eigenvalue weighted by molar-refractivity contribution is 0.0954. The number of allylic oxidation sites excluding steroid dienone is 7. The summed E-state index contributed by atoms with van der Waals surface area (Å²) in [6.45, 7) is 11.8. The molecule has 0 radical (unpaired) electrons. The van der Waals surface area contributed by atoms with Crippen molar-refractivity contribution in [1.29, 1.82) is 0 Å². The van der Waals surface area contributed by atoms with Crippen molar-refractivity contribution in [2.45, 2.75) is 13.8 Å². The number of carbonyl (C=O) groups excluding carboxylic acids is 1. The Kier molecular flexibility index (Phi) is 6.92. The van der Waals surface area contributed by atoms with Crippen molar-refractivity contribution in [2.24, 2.45) is 0 Å². The molecule has 0 saturated heterocycles. The lowest BCUT2D eigenvalue weighted by Crippen LogP contribution is -2.29. The Morgan fingerprint density at radius 1 is 1.41 bits per heavy atom. The lowest BCUT2D eigenvalue weighted by Gasteiger charge is -2.15. The highest BCUT2D eigenvalue weighted by Gasteiger charge is 2.18. The van der Waals surface area contributed by atoms with Crippen LogP contribution in [0.15, 0.2) is 71.9 Å². The summed E-state index contributed by atoms with van der Waals surface area (Å²) in [6.07, 6.45) is 11.8. The third kappa shape index (κ3) is 4.70. The maximum Gasteiger partial charge on any atom is 0.275 e.